The first-order chi connectivity index (χ1) is 18.6. The maximum atomic E-state index is 13.0. The van der Waals surface area contributed by atoms with Crippen LogP contribution in [0.15, 0.2) is 59.5 Å². The zero-order valence-electron chi connectivity index (χ0n) is 21.5. The van der Waals surface area contributed by atoms with Crippen molar-refractivity contribution in [2.24, 2.45) is 0 Å². The Morgan fingerprint density at radius 3 is 2.49 bits per heavy atom. The lowest BCUT2D eigenvalue weighted by Crippen LogP contribution is -2.36. The standard InChI is InChI=1S/C29H26ClIN2O5S/c1-4-37-24-13-20(12-23(31)27(24)38-16-19-6-8-21(30)9-7-19)14-25-28(35)33(29(36)39-25)15-26(34)32-22-10-5-17(2)18(3)11-22/h5-14H,4,15-16H2,1-3H3,(H,32,34)/b25-14+. The van der Waals surface area contributed by atoms with E-state index in [-0.39, 0.29) is 11.4 Å². The van der Waals surface area contributed by atoms with Crippen LogP contribution < -0.4 is 14.8 Å². The number of anilines is 1. The number of nitrogens with zero attached hydrogens (tertiary/aromatic N) is 1. The zero-order valence-corrected chi connectivity index (χ0v) is 25.3. The Bertz CT molecular complexity index is 1460. The second-order valence-corrected chi connectivity index (χ2v) is 11.4. The van der Waals surface area contributed by atoms with E-state index in [0.29, 0.717) is 41.0 Å². The normalized spacial score (nSPS) is 14.2. The topological polar surface area (TPSA) is 84.9 Å². The molecule has 1 aliphatic rings. The maximum Gasteiger partial charge on any atom is 0.294 e. The minimum atomic E-state index is -0.517. The Kier molecular flexibility index (Phi) is 9.58. The molecule has 7 nitrogen and oxygen atoms in total. The van der Waals surface area contributed by atoms with Crippen LogP contribution in [-0.2, 0) is 16.2 Å². The van der Waals surface area contributed by atoms with Gasteiger partial charge >= 0.3 is 0 Å². The van der Waals surface area contributed by atoms with Gasteiger partial charge in [-0.05, 0) is 120 Å². The van der Waals surface area contributed by atoms with Gasteiger partial charge < -0.3 is 14.8 Å². The summed E-state index contributed by atoms with van der Waals surface area (Å²) in [4.78, 5) is 39.4. The molecule has 4 rings (SSSR count). The van der Waals surface area contributed by atoms with Crippen LogP contribution in [0.2, 0.25) is 5.02 Å². The summed E-state index contributed by atoms with van der Waals surface area (Å²) in [5, 5.41) is 2.91. The highest BCUT2D eigenvalue weighted by molar-refractivity contribution is 14.1. The van der Waals surface area contributed by atoms with Gasteiger partial charge in [0, 0.05) is 10.7 Å². The average molecular weight is 677 g/mol. The minimum absolute atomic E-state index is 0.229. The lowest BCUT2D eigenvalue weighted by Gasteiger charge is -2.15. The number of nitrogens with one attached hydrogen (secondary N) is 1. The molecule has 0 spiro atoms. The Morgan fingerprint density at radius 2 is 1.79 bits per heavy atom. The van der Waals surface area contributed by atoms with E-state index < -0.39 is 17.1 Å². The first kappa shape index (κ1) is 29.0. The predicted molar refractivity (Wildman–Crippen MR) is 163 cm³/mol. The number of thioether (sulfide) groups is 1. The predicted octanol–water partition coefficient (Wildman–Crippen LogP) is 7.21. The van der Waals surface area contributed by atoms with Crippen LogP contribution in [0.4, 0.5) is 10.5 Å². The molecule has 1 saturated heterocycles. The number of imide groups is 1. The Morgan fingerprint density at radius 1 is 1.05 bits per heavy atom. The molecule has 202 valence electrons. The van der Waals surface area contributed by atoms with Crippen molar-refractivity contribution in [2.45, 2.75) is 27.4 Å². The molecule has 0 radical (unpaired) electrons. The molecule has 0 aliphatic carbocycles. The van der Waals surface area contributed by atoms with E-state index in [1.165, 1.54) is 0 Å². The minimum Gasteiger partial charge on any atom is -0.490 e. The van der Waals surface area contributed by atoms with Gasteiger partial charge in [-0.1, -0.05) is 29.8 Å². The molecule has 0 bridgehead atoms. The molecule has 39 heavy (non-hydrogen) atoms. The average Bonchev–Trinajstić information content (AvgIpc) is 3.14. The van der Waals surface area contributed by atoms with Crippen molar-refractivity contribution < 1.29 is 23.9 Å². The number of hydrogen-bond acceptors (Lipinski definition) is 6. The molecule has 1 N–H and O–H groups in total. The lowest BCUT2D eigenvalue weighted by atomic mass is 10.1. The molecule has 0 aromatic heterocycles. The third-order valence-corrected chi connectivity index (χ3v) is 7.85. The number of rotatable bonds is 9. The first-order valence-electron chi connectivity index (χ1n) is 12.1. The molecule has 3 amide bonds. The Labute approximate surface area is 250 Å². The lowest BCUT2D eigenvalue weighted by molar-refractivity contribution is -0.127. The molecule has 10 heteroatoms. The SMILES string of the molecule is CCOc1cc(/C=C2/SC(=O)N(CC(=O)Nc3ccc(C)c(C)c3)C2=O)cc(I)c1OCc1ccc(Cl)cc1. The number of benzene rings is 3. The number of carbonyl (C=O) groups is 3. The Balaban J connectivity index is 1.48. The van der Waals surface area contributed by atoms with Crippen LogP contribution in [0.5, 0.6) is 11.5 Å². The summed E-state index contributed by atoms with van der Waals surface area (Å²) in [7, 11) is 0. The maximum absolute atomic E-state index is 13.0. The van der Waals surface area contributed by atoms with Crippen molar-refractivity contribution in [2.75, 3.05) is 18.5 Å². The van der Waals surface area contributed by atoms with E-state index in [4.69, 9.17) is 21.1 Å². The second kappa shape index (κ2) is 12.9. The van der Waals surface area contributed by atoms with E-state index in [9.17, 15) is 14.4 Å². The Hall–Kier alpha value is -3.02. The van der Waals surface area contributed by atoms with E-state index in [2.05, 4.69) is 27.9 Å². The summed E-state index contributed by atoms with van der Waals surface area (Å²) < 4.78 is 12.7. The highest BCUT2D eigenvalue weighted by Crippen LogP contribution is 2.38. The van der Waals surface area contributed by atoms with Gasteiger partial charge in [0.05, 0.1) is 15.1 Å². The molecule has 1 fully saturated rings. The van der Waals surface area contributed by atoms with Crippen LogP contribution >= 0.6 is 46.0 Å². The van der Waals surface area contributed by atoms with E-state index in [1.807, 2.05) is 51.1 Å². The molecule has 0 atom stereocenters. The van der Waals surface area contributed by atoms with Crippen LogP contribution in [0.3, 0.4) is 0 Å². The summed E-state index contributed by atoms with van der Waals surface area (Å²) in [6, 6.07) is 16.5. The van der Waals surface area contributed by atoms with Crippen LogP contribution in [0.1, 0.15) is 29.2 Å². The van der Waals surface area contributed by atoms with E-state index in [1.54, 1.807) is 30.3 Å². The van der Waals surface area contributed by atoms with Crippen molar-refractivity contribution in [1.82, 2.24) is 4.90 Å². The summed E-state index contributed by atoms with van der Waals surface area (Å²) in [5.74, 6) is 0.144. The fourth-order valence-electron chi connectivity index (χ4n) is 3.76. The monoisotopic (exact) mass is 676 g/mol. The van der Waals surface area contributed by atoms with E-state index in [0.717, 1.165) is 36.9 Å². The van der Waals surface area contributed by atoms with Gasteiger partial charge in [0.2, 0.25) is 5.91 Å². The fraction of sp³-hybridized carbons (Fsp3) is 0.207. The number of carbonyl (C=O) groups excluding carboxylic acids is 3. The fourth-order valence-corrected chi connectivity index (χ4v) is 5.51. The summed E-state index contributed by atoms with van der Waals surface area (Å²) in [5.41, 5.74) is 4.38. The molecule has 3 aromatic rings. The second-order valence-electron chi connectivity index (χ2n) is 8.79. The van der Waals surface area contributed by atoms with Gasteiger partial charge in [0.15, 0.2) is 11.5 Å². The molecule has 0 unspecified atom stereocenters. The number of ether oxygens (including phenoxy) is 2. The van der Waals surface area contributed by atoms with Crippen molar-refractivity contribution in [3.05, 3.63) is 90.3 Å². The molecular formula is C29H26ClIN2O5S. The van der Waals surface area contributed by atoms with Crippen molar-refractivity contribution >= 4 is 74.8 Å². The third-order valence-electron chi connectivity index (χ3n) is 5.89. The van der Waals surface area contributed by atoms with Gasteiger partial charge in [-0.25, -0.2) is 0 Å². The van der Waals surface area contributed by atoms with Crippen molar-refractivity contribution in [3.8, 4) is 11.5 Å². The highest BCUT2D eigenvalue weighted by atomic mass is 127. The highest BCUT2D eigenvalue weighted by Gasteiger charge is 2.36. The van der Waals surface area contributed by atoms with Gasteiger partial charge in [0.25, 0.3) is 11.1 Å². The third kappa shape index (κ3) is 7.34. The van der Waals surface area contributed by atoms with Crippen LogP contribution in [0.25, 0.3) is 6.08 Å². The quantitative estimate of drug-likeness (QED) is 0.191. The summed E-state index contributed by atoms with van der Waals surface area (Å²) in [6.07, 6.45) is 1.62. The molecular weight excluding hydrogens is 651 g/mol. The molecule has 1 aliphatic heterocycles. The van der Waals surface area contributed by atoms with Crippen LogP contribution in [-0.4, -0.2) is 35.1 Å². The number of halogens is 2. The largest absolute Gasteiger partial charge is 0.490 e. The van der Waals surface area contributed by atoms with Crippen molar-refractivity contribution in [3.63, 3.8) is 0 Å². The molecule has 3 aromatic carbocycles. The summed E-state index contributed by atoms with van der Waals surface area (Å²) in [6.45, 7) is 6.18. The molecule has 1 heterocycles. The summed E-state index contributed by atoms with van der Waals surface area (Å²) >= 11 is 8.92. The van der Waals surface area contributed by atoms with Gasteiger partial charge in [-0.3, -0.25) is 19.3 Å². The number of hydrogen-bond donors (Lipinski definition) is 1. The van der Waals surface area contributed by atoms with Gasteiger partial charge in [0.1, 0.15) is 13.2 Å². The van der Waals surface area contributed by atoms with Crippen LogP contribution in [0, 0.1) is 17.4 Å². The molecule has 0 saturated carbocycles. The smallest absolute Gasteiger partial charge is 0.294 e. The van der Waals surface area contributed by atoms with Gasteiger partial charge in [-0.2, -0.15) is 0 Å². The van der Waals surface area contributed by atoms with E-state index >= 15 is 0 Å². The van der Waals surface area contributed by atoms with Crippen molar-refractivity contribution in [1.29, 1.82) is 0 Å². The number of amides is 3. The first-order valence-corrected chi connectivity index (χ1v) is 14.4. The number of aryl methyl sites for hydroxylation is 2. The zero-order chi connectivity index (χ0) is 28.1. The van der Waals surface area contributed by atoms with Gasteiger partial charge in [-0.15, -0.1) is 0 Å².